The number of nitrogens with zero attached hydrogens (tertiary/aromatic N) is 5. The van der Waals surface area contributed by atoms with Crippen molar-refractivity contribution in [1.82, 2.24) is 24.6 Å². The standard InChI is InChI=1S/C29H31ClF3N9O2/c1-18-3-4-21(38-28(43)37-20-5-6-23(30)22(14-20)29(31,32)33)15-24(18)39-27-13-19(2)40-42(27)26-16-25(35-17-36-26)34-7-8-41-9-11-44-12-10-41/h3-6,13-17,39H,7-12H2,1-2H3,(H,34,35,36)(H2,37,38,43). The number of alkyl halides is 3. The highest BCUT2D eigenvalue weighted by Gasteiger charge is 2.33. The van der Waals surface area contributed by atoms with E-state index in [2.05, 4.69) is 41.2 Å². The molecule has 0 spiro atoms. The van der Waals surface area contributed by atoms with Crippen LogP contribution in [0.5, 0.6) is 0 Å². The molecule has 3 heterocycles. The number of aromatic nitrogens is 4. The number of rotatable bonds is 9. The van der Waals surface area contributed by atoms with Crippen LogP contribution < -0.4 is 21.3 Å². The number of nitrogens with one attached hydrogen (secondary N) is 4. The Hall–Kier alpha value is -4.40. The largest absolute Gasteiger partial charge is 0.417 e. The average molecular weight is 630 g/mol. The molecule has 2 amide bonds. The lowest BCUT2D eigenvalue weighted by Gasteiger charge is -2.26. The molecule has 15 heteroatoms. The third-order valence-corrected chi connectivity index (χ3v) is 7.16. The quantitative estimate of drug-likeness (QED) is 0.176. The zero-order valence-electron chi connectivity index (χ0n) is 24.0. The second-order valence-corrected chi connectivity index (χ2v) is 10.6. The second kappa shape index (κ2) is 13.5. The van der Waals surface area contributed by atoms with E-state index in [0.29, 0.717) is 35.4 Å². The fourth-order valence-electron chi connectivity index (χ4n) is 4.58. The zero-order chi connectivity index (χ0) is 31.3. The lowest BCUT2D eigenvalue weighted by atomic mass is 10.1. The Labute approximate surface area is 256 Å². The Balaban J connectivity index is 1.27. The summed E-state index contributed by atoms with van der Waals surface area (Å²) in [6.45, 7) is 8.64. The van der Waals surface area contributed by atoms with Crippen LogP contribution in [0.3, 0.4) is 0 Å². The second-order valence-electron chi connectivity index (χ2n) is 10.2. The van der Waals surface area contributed by atoms with Gasteiger partial charge in [-0.25, -0.2) is 14.8 Å². The smallest absolute Gasteiger partial charge is 0.379 e. The van der Waals surface area contributed by atoms with Gasteiger partial charge in [0.15, 0.2) is 5.82 Å². The van der Waals surface area contributed by atoms with Gasteiger partial charge in [-0.3, -0.25) is 4.90 Å². The summed E-state index contributed by atoms with van der Waals surface area (Å²) in [4.78, 5) is 23.7. The van der Waals surface area contributed by atoms with Crippen LogP contribution >= 0.6 is 11.6 Å². The number of hydrogen-bond acceptors (Lipinski definition) is 8. The minimum Gasteiger partial charge on any atom is -0.379 e. The topological polar surface area (TPSA) is 121 Å². The molecule has 1 aliphatic rings. The molecule has 0 unspecified atom stereocenters. The first-order valence-electron chi connectivity index (χ1n) is 13.8. The molecule has 44 heavy (non-hydrogen) atoms. The normalized spacial score (nSPS) is 13.9. The number of aryl methyl sites for hydroxylation is 2. The number of carbonyl (C=O) groups is 1. The Morgan fingerprint density at radius 1 is 1.00 bits per heavy atom. The first-order valence-corrected chi connectivity index (χ1v) is 14.2. The van der Waals surface area contributed by atoms with Crippen LogP contribution in [0.25, 0.3) is 5.82 Å². The number of hydrogen-bond donors (Lipinski definition) is 4. The van der Waals surface area contributed by atoms with Crippen LogP contribution in [0.4, 0.5) is 46.7 Å². The molecular weight excluding hydrogens is 599 g/mol. The van der Waals surface area contributed by atoms with E-state index in [0.717, 1.165) is 56.2 Å². The van der Waals surface area contributed by atoms with Crippen LogP contribution in [0, 0.1) is 13.8 Å². The van der Waals surface area contributed by atoms with Gasteiger partial charge in [0.1, 0.15) is 18.0 Å². The molecule has 4 N–H and O–H groups in total. The van der Waals surface area contributed by atoms with Gasteiger partial charge in [0.05, 0.1) is 29.5 Å². The van der Waals surface area contributed by atoms with E-state index >= 15 is 0 Å². The molecule has 0 atom stereocenters. The van der Waals surface area contributed by atoms with Crippen molar-refractivity contribution >= 4 is 46.3 Å². The number of benzene rings is 2. The Morgan fingerprint density at radius 3 is 2.48 bits per heavy atom. The van der Waals surface area contributed by atoms with Crippen molar-refractivity contribution in [3.8, 4) is 5.82 Å². The number of ether oxygens (including phenoxy) is 1. The molecule has 5 rings (SSSR count). The summed E-state index contributed by atoms with van der Waals surface area (Å²) in [5.41, 5.74) is 1.63. The third-order valence-electron chi connectivity index (χ3n) is 6.83. The highest BCUT2D eigenvalue weighted by Crippen LogP contribution is 2.36. The molecule has 1 fully saturated rings. The molecule has 4 aromatic rings. The summed E-state index contributed by atoms with van der Waals surface area (Å²) in [7, 11) is 0. The van der Waals surface area contributed by atoms with Crippen molar-refractivity contribution in [2.24, 2.45) is 0 Å². The maximum absolute atomic E-state index is 13.2. The van der Waals surface area contributed by atoms with Gasteiger partial charge in [-0.05, 0) is 49.7 Å². The van der Waals surface area contributed by atoms with E-state index in [1.807, 2.05) is 26.0 Å². The fraction of sp³-hybridized carbons (Fsp3) is 0.310. The van der Waals surface area contributed by atoms with Crippen LogP contribution in [0.2, 0.25) is 5.02 Å². The monoisotopic (exact) mass is 629 g/mol. The van der Waals surface area contributed by atoms with Gasteiger partial charge < -0.3 is 26.0 Å². The molecule has 1 saturated heterocycles. The van der Waals surface area contributed by atoms with Crippen molar-refractivity contribution in [2.45, 2.75) is 20.0 Å². The first kappa shape index (κ1) is 31.0. The van der Waals surface area contributed by atoms with Crippen molar-refractivity contribution in [1.29, 1.82) is 0 Å². The molecule has 0 aliphatic carbocycles. The molecular formula is C29H31ClF3N9O2. The van der Waals surface area contributed by atoms with E-state index in [-0.39, 0.29) is 5.69 Å². The van der Waals surface area contributed by atoms with Gasteiger partial charge in [0.25, 0.3) is 0 Å². The summed E-state index contributed by atoms with van der Waals surface area (Å²) in [6, 6.07) is 11.3. The van der Waals surface area contributed by atoms with Crippen LogP contribution in [-0.2, 0) is 10.9 Å². The minimum absolute atomic E-state index is 0.0520. The maximum Gasteiger partial charge on any atom is 0.417 e. The maximum atomic E-state index is 13.2. The molecule has 1 aliphatic heterocycles. The van der Waals surface area contributed by atoms with E-state index in [9.17, 15) is 18.0 Å². The minimum atomic E-state index is -4.65. The van der Waals surface area contributed by atoms with Gasteiger partial charge >= 0.3 is 12.2 Å². The molecule has 2 aromatic carbocycles. The predicted octanol–water partition coefficient (Wildman–Crippen LogP) is 6.08. The lowest BCUT2D eigenvalue weighted by molar-refractivity contribution is -0.137. The lowest BCUT2D eigenvalue weighted by Crippen LogP contribution is -2.39. The molecule has 11 nitrogen and oxygen atoms in total. The van der Waals surface area contributed by atoms with Crippen LogP contribution in [0.15, 0.2) is 54.9 Å². The van der Waals surface area contributed by atoms with Gasteiger partial charge in [-0.2, -0.15) is 23.0 Å². The average Bonchev–Trinajstić information content (AvgIpc) is 3.35. The summed E-state index contributed by atoms with van der Waals surface area (Å²) < 4.78 is 46.7. The Morgan fingerprint density at radius 2 is 1.73 bits per heavy atom. The van der Waals surface area contributed by atoms with Gasteiger partial charge in [0.2, 0.25) is 0 Å². The molecule has 0 radical (unpaired) electrons. The predicted molar refractivity (Wildman–Crippen MR) is 163 cm³/mol. The van der Waals surface area contributed by atoms with E-state index < -0.39 is 22.8 Å². The fourth-order valence-corrected chi connectivity index (χ4v) is 4.80. The van der Waals surface area contributed by atoms with Gasteiger partial charge in [0, 0.05) is 55.4 Å². The molecule has 2 aromatic heterocycles. The van der Waals surface area contributed by atoms with Crippen LogP contribution in [-0.4, -0.2) is 70.1 Å². The Bertz CT molecular complexity index is 1620. The third kappa shape index (κ3) is 7.95. The van der Waals surface area contributed by atoms with Crippen molar-refractivity contribution in [2.75, 3.05) is 60.7 Å². The van der Waals surface area contributed by atoms with E-state index in [1.54, 1.807) is 22.9 Å². The highest BCUT2D eigenvalue weighted by atomic mass is 35.5. The summed E-state index contributed by atoms with van der Waals surface area (Å²) in [5.74, 6) is 1.85. The Kier molecular flexibility index (Phi) is 9.52. The summed E-state index contributed by atoms with van der Waals surface area (Å²) in [5, 5.41) is 15.9. The number of urea groups is 1. The molecule has 0 bridgehead atoms. The number of halogens is 4. The van der Waals surface area contributed by atoms with E-state index in [1.165, 1.54) is 12.4 Å². The van der Waals surface area contributed by atoms with Crippen molar-refractivity contribution in [3.05, 3.63) is 76.7 Å². The van der Waals surface area contributed by atoms with Crippen molar-refractivity contribution < 1.29 is 22.7 Å². The van der Waals surface area contributed by atoms with E-state index in [4.69, 9.17) is 16.3 Å². The number of anilines is 5. The van der Waals surface area contributed by atoms with Gasteiger partial charge in [-0.1, -0.05) is 17.7 Å². The van der Waals surface area contributed by atoms with Gasteiger partial charge in [-0.15, -0.1) is 0 Å². The highest BCUT2D eigenvalue weighted by molar-refractivity contribution is 6.31. The summed E-state index contributed by atoms with van der Waals surface area (Å²) >= 11 is 5.68. The zero-order valence-corrected chi connectivity index (χ0v) is 24.8. The SMILES string of the molecule is Cc1cc(Nc2cc(NC(=O)Nc3ccc(Cl)c(C(F)(F)F)c3)ccc2C)n(-c2cc(NCCN3CCOCC3)ncn2)n1. The number of carbonyl (C=O) groups excluding carboxylic acids is 1. The first-order chi connectivity index (χ1) is 21.0. The molecule has 232 valence electrons. The van der Waals surface area contributed by atoms with Crippen LogP contribution in [0.1, 0.15) is 16.8 Å². The summed E-state index contributed by atoms with van der Waals surface area (Å²) in [6.07, 6.45) is -3.18. The van der Waals surface area contributed by atoms with Crippen molar-refractivity contribution in [3.63, 3.8) is 0 Å². The molecule has 0 saturated carbocycles. The number of amides is 2. The number of morpholine rings is 1.